The summed E-state index contributed by atoms with van der Waals surface area (Å²) in [6, 6.07) is 14.6. The summed E-state index contributed by atoms with van der Waals surface area (Å²) in [6.45, 7) is 3.89. The van der Waals surface area contributed by atoms with Crippen LogP contribution in [-0.4, -0.2) is 41.8 Å². The van der Waals surface area contributed by atoms with Crippen LogP contribution in [0, 0.1) is 0 Å². The van der Waals surface area contributed by atoms with Crippen LogP contribution in [0.1, 0.15) is 43.9 Å². The molecule has 2 amide bonds. The van der Waals surface area contributed by atoms with Crippen LogP contribution in [0.4, 0.5) is 4.79 Å². The first-order valence-corrected chi connectivity index (χ1v) is 11.2. The number of rotatable bonds is 5. The second-order valence-corrected chi connectivity index (χ2v) is 9.08. The number of hydrogen-bond acceptors (Lipinski definition) is 5. The number of carbonyl (C=O) groups is 2. The smallest absolute Gasteiger partial charge is 0.417 e. The highest BCUT2D eigenvalue weighted by Gasteiger charge is 2.52. The third-order valence-corrected chi connectivity index (χ3v) is 6.66. The van der Waals surface area contributed by atoms with Gasteiger partial charge in [0.2, 0.25) is 5.91 Å². The average molecular weight is 469 g/mol. The molecule has 0 spiro atoms. The Labute approximate surface area is 197 Å². The number of cyclic esters (lactones) is 1. The topological polar surface area (TPSA) is 105 Å². The van der Waals surface area contributed by atoms with Gasteiger partial charge in [-0.1, -0.05) is 59.2 Å². The molecule has 2 aromatic carbocycles. The number of nitrogens with zero attached hydrogens (tertiary/aromatic N) is 4. The van der Waals surface area contributed by atoms with Crippen molar-refractivity contribution >= 4 is 23.6 Å². The van der Waals surface area contributed by atoms with Crippen LogP contribution in [0.5, 0.6) is 0 Å². The molecule has 0 aliphatic carbocycles. The highest BCUT2D eigenvalue weighted by atomic mass is 35.5. The molecular formula is C24H25ClN4O4. The van der Waals surface area contributed by atoms with Gasteiger partial charge in [-0.25, -0.2) is 9.69 Å². The van der Waals surface area contributed by atoms with E-state index in [0.717, 1.165) is 16.0 Å². The summed E-state index contributed by atoms with van der Waals surface area (Å²) in [4.78, 5) is 30.8. The van der Waals surface area contributed by atoms with E-state index >= 15 is 0 Å². The minimum absolute atomic E-state index is 0.0431. The Kier molecular flexibility index (Phi) is 6.61. The first-order chi connectivity index (χ1) is 15.9. The number of imide groups is 1. The molecule has 33 heavy (non-hydrogen) atoms. The van der Waals surface area contributed by atoms with Crippen molar-refractivity contribution in [2.24, 2.45) is 5.11 Å². The summed E-state index contributed by atoms with van der Waals surface area (Å²) in [5.74, 6) is -0.583. The minimum Gasteiger partial charge on any atom is -0.446 e. The summed E-state index contributed by atoms with van der Waals surface area (Å²) in [7, 11) is 0. The van der Waals surface area contributed by atoms with E-state index in [2.05, 4.69) is 10.0 Å². The highest BCUT2D eigenvalue weighted by Crippen LogP contribution is 2.45. The van der Waals surface area contributed by atoms with Crippen LogP contribution in [0.25, 0.3) is 10.4 Å². The van der Waals surface area contributed by atoms with Gasteiger partial charge >= 0.3 is 6.09 Å². The van der Waals surface area contributed by atoms with Gasteiger partial charge in [0.25, 0.3) is 0 Å². The lowest BCUT2D eigenvalue weighted by Gasteiger charge is -2.46. The lowest BCUT2D eigenvalue weighted by Crippen LogP contribution is -2.55. The Morgan fingerprint density at radius 1 is 1.15 bits per heavy atom. The molecule has 2 heterocycles. The molecule has 0 saturated carbocycles. The quantitative estimate of drug-likeness (QED) is 0.325. The Bertz CT molecular complexity index is 1060. The normalized spacial score (nSPS) is 28.0. The van der Waals surface area contributed by atoms with Gasteiger partial charge in [0.05, 0.1) is 12.2 Å². The average Bonchev–Trinajstić information content (AvgIpc) is 3.18. The standard InChI is InChI=1S/C24H25ClN4O4/c1-15-12-24(13-16(2)33-15,18-8-10-19(25)11-9-18)21(27-28-26)22(30)29-20(14-32-23(29)31)17-6-4-3-5-7-17/h3-11,15-16,20-21H,12-14H2,1-2H3/t15-,16+,20-,21-,24?/m1/s1. The van der Waals surface area contributed by atoms with E-state index < -0.39 is 29.5 Å². The van der Waals surface area contributed by atoms with Crippen LogP contribution in [0.15, 0.2) is 59.7 Å². The summed E-state index contributed by atoms with van der Waals surface area (Å²) in [5.41, 5.74) is 10.2. The fraction of sp³-hybridized carbons (Fsp3) is 0.417. The second-order valence-electron chi connectivity index (χ2n) is 8.65. The summed E-state index contributed by atoms with van der Waals surface area (Å²) in [5, 5.41) is 4.54. The van der Waals surface area contributed by atoms with Gasteiger partial charge in [0.15, 0.2) is 0 Å². The first-order valence-electron chi connectivity index (χ1n) is 10.9. The number of halogens is 1. The molecule has 2 aliphatic rings. The molecule has 172 valence electrons. The van der Waals surface area contributed by atoms with Crippen molar-refractivity contribution in [3.8, 4) is 0 Å². The zero-order chi connectivity index (χ0) is 23.6. The zero-order valence-electron chi connectivity index (χ0n) is 18.4. The van der Waals surface area contributed by atoms with E-state index in [4.69, 9.17) is 21.1 Å². The van der Waals surface area contributed by atoms with E-state index in [-0.39, 0.29) is 18.8 Å². The predicted molar refractivity (Wildman–Crippen MR) is 123 cm³/mol. The van der Waals surface area contributed by atoms with Gasteiger partial charge in [-0.3, -0.25) is 4.79 Å². The number of benzene rings is 2. The number of hydrogen-bond donors (Lipinski definition) is 0. The van der Waals surface area contributed by atoms with Crippen molar-refractivity contribution in [2.75, 3.05) is 6.61 Å². The fourth-order valence-corrected chi connectivity index (χ4v) is 5.29. The Hall–Kier alpha value is -3.06. The molecule has 0 aromatic heterocycles. The van der Waals surface area contributed by atoms with E-state index in [1.165, 1.54) is 0 Å². The Morgan fingerprint density at radius 3 is 2.39 bits per heavy atom. The molecule has 2 fully saturated rings. The third-order valence-electron chi connectivity index (χ3n) is 6.41. The summed E-state index contributed by atoms with van der Waals surface area (Å²) < 4.78 is 11.2. The molecular weight excluding hydrogens is 444 g/mol. The number of ether oxygens (including phenoxy) is 2. The van der Waals surface area contributed by atoms with Crippen molar-refractivity contribution in [3.63, 3.8) is 0 Å². The van der Waals surface area contributed by atoms with Crippen LogP contribution >= 0.6 is 11.6 Å². The molecule has 0 N–H and O–H groups in total. The second kappa shape index (κ2) is 9.43. The van der Waals surface area contributed by atoms with E-state index in [1.807, 2.05) is 56.3 Å². The van der Waals surface area contributed by atoms with Gasteiger partial charge in [-0.05, 0) is 55.5 Å². The molecule has 2 saturated heterocycles. The first kappa shape index (κ1) is 23.1. The van der Waals surface area contributed by atoms with Gasteiger partial charge < -0.3 is 9.47 Å². The van der Waals surface area contributed by atoms with Crippen molar-refractivity contribution in [3.05, 3.63) is 81.2 Å². The van der Waals surface area contributed by atoms with Crippen molar-refractivity contribution in [2.45, 2.75) is 56.4 Å². The molecule has 0 bridgehead atoms. The number of azide groups is 1. The molecule has 9 heteroatoms. The maximum Gasteiger partial charge on any atom is 0.417 e. The Morgan fingerprint density at radius 2 is 1.79 bits per heavy atom. The summed E-state index contributed by atoms with van der Waals surface area (Å²) in [6.07, 6.45) is -0.250. The van der Waals surface area contributed by atoms with Crippen LogP contribution < -0.4 is 0 Å². The Balaban J connectivity index is 1.81. The molecule has 4 rings (SSSR count). The van der Waals surface area contributed by atoms with E-state index in [0.29, 0.717) is 17.9 Å². The lowest BCUT2D eigenvalue weighted by molar-refractivity contribution is -0.136. The highest BCUT2D eigenvalue weighted by molar-refractivity contribution is 6.30. The molecule has 0 radical (unpaired) electrons. The SMILES string of the molecule is C[C@@H]1CC(c2ccc(Cl)cc2)([C@H](N=[N+]=[N-])C(=O)N2C(=O)OC[C@@H]2c2ccccc2)C[C@H](C)O1. The third kappa shape index (κ3) is 4.42. The van der Waals surface area contributed by atoms with Crippen molar-refractivity contribution in [1.82, 2.24) is 4.90 Å². The van der Waals surface area contributed by atoms with Gasteiger partial charge in [-0.15, -0.1) is 0 Å². The van der Waals surface area contributed by atoms with E-state index in [1.54, 1.807) is 12.1 Å². The monoisotopic (exact) mass is 468 g/mol. The van der Waals surface area contributed by atoms with Crippen LogP contribution in [0.3, 0.4) is 0 Å². The zero-order valence-corrected chi connectivity index (χ0v) is 19.2. The van der Waals surface area contributed by atoms with Crippen molar-refractivity contribution < 1.29 is 19.1 Å². The summed E-state index contributed by atoms with van der Waals surface area (Å²) >= 11 is 6.12. The maximum absolute atomic E-state index is 14.0. The molecule has 1 unspecified atom stereocenters. The maximum atomic E-state index is 14.0. The van der Waals surface area contributed by atoms with Gasteiger partial charge in [0.1, 0.15) is 18.7 Å². The number of carbonyl (C=O) groups excluding carboxylic acids is 2. The van der Waals surface area contributed by atoms with Crippen molar-refractivity contribution in [1.29, 1.82) is 0 Å². The fourth-order valence-electron chi connectivity index (χ4n) is 5.17. The van der Waals surface area contributed by atoms with Gasteiger partial charge in [-0.2, -0.15) is 0 Å². The van der Waals surface area contributed by atoms with E-state index in [9.17, 15) is 15.1 Å². The molecule has 2 aliphatic heterocycles. The molecule has 5 atom stereocenters. The largest absolute Gasteiger partial charge is 0.446 e. The van der Waals surface area contributed by atoms with Crippen LogP contribution in [-0.2, 0) is 19.7 Å². The molecule has 8 nitrogen and oxygen atoms in total. The lowest BCUT2D eigenvalue weighted by atomic mass is 9.65. The molecule has 2 aromatic rings. The minimum atomic E-state index is -1.17. The predicted octanol–water partition coefficient (Wildman–Crippen LogP) is 5.56. The number of amides is 2. The van der Waals surface area contributed by atoms with Crippen LogP contribution in [0.2, 0.25) is 5.02 Å². The van der Waals surface area contributed by atoms with Gasteiger partial charge in [0, 0.05) is 15.3 Å².